The van der Waals surface area contributed by atoms with Crippen LogP contribution in [0.2, 0.25) is 0 Å². The minimum absolute atomic E-state index is 0.0364. The summed E-state index contributed by atoms with van der Waals surface area (Å²) in [5.41, 5.74) is 0.551. The van der Waals surface area contributed by atoms with E-state index in [9.17, 15) is 10.1 Å². The van der Waals surface area contributed by atoms with Crippen molar-refractivity contribution in [3.8, 4) is 0 Å². The summed E-state index contributed by atoms with van der Waals surface area (Å²) in [4.78, 5) is 9.96. The van der Waals surface area contributed by atoms with Crippen molar-refractivity contribution in [2.24, 2.45) is 0 Å². The lowest BCUT2D eigenvalue weighted by molar-refractivity contribution is -0.384. The van der Waals surface area contributed by atoms with E-state index in [1.54, 1.807) is 6.07 Å². The molecule has 13 heavy (non-hydrogen) atoms. The molecule has 0 bridgehead atoms. The minimum atomic E-state index is -0.449. The summed E-state index contributed by atoms with van der Waals surface area (Å²) in [6.45, 7) is 0. The highest BCUT2D eigenvalue weighted by molar-refractivity contribution is 9.10. The molecule has 2 aromatic rings. The second kappa shape index (κ2) is 2.85. The number of fused-ring (bicyclic) bond motifs is 1. The van der Waals surface area contributed by atoms with Crippen molar-refractivity contribution in [3.05, 3.63) is 39.0 Å². The summed E-state index contributed by atoms with van der Waals surface area (Å²) >= 11 is 3.26. The quantitative estimate of drug-likeness (QED) is 0.570. The van der Waals surface area contributed by atoms with Crippen LogP contribution in [0, 0.1) is 10.1 Å². The van der Waals surface area contributed by atoms with Gasteiger partial charge in [0.05, 0.1) is 15.5 Å². The summed E-state index contributed by atoms with van der Waals surface area (Å²) in [6, 6.07) is 4.50. The first-order valence-electron chi connectivity index (χ1n) is 3.49. The largest absolute Gasteiger partial charge is 0.463 e. The smallest absolute Gasteiger partial charge is 0.273 e. The van der Waals surface area contributed by atoms with E-state index in [0.29, 0.717) is 5.58 Å². The first-order valence-corrected chi connectivity index (χ1v) is 4.29. The van der Waals surface area contributed by atoms with Crippen molar-refractivity contribution < 1.29 is 9.34 Å². The van der Waals surface area contributed by atoms with Crippen molar-refractivity contribution in [3.63, 3.8) is 0 Å². The van der Waals surface area contributed by atoms with Gasteiger partial charge in [-0.1, -0.05) is 0 Å². The van der Waals surface area contributed by atoms with E-state index in [-0.39, 0.29) is 5.69 Å². The number of non-ortho nitro benzene ring substituents is 1. The average molecular weight is 242 g/mol. The number of nitro groups is 1. The van der Waals surface area contributed by atoms with E-state index in [0.717, 1.165) is 9.86 Å². The van der Waals surface area contributed by atoms with Crippen LogP contribution in [0.25, 0.3) is 11.0 Å². The van der Waals surface area contributed by atoms with Crippen LogP contribution in [0.4, 0.5) is 5.69 Å². The molecule has 0 unspecified atom stereocenters. The molecule has 2 rings (SSSR count). The highest BCUT2D eigenvalue weighted by Gasteiger charge is 2.09. The molecule has 0 N–H and O–H groups in total. The molecule has 0 saturated heterocycles. The van der Waals surface area contributed by atoms with E-state index >= 15 is 0 Å². The fraction of sp³-hybridized carbons (Fsp3) is 0. The Morgan fingerprint density at radius 2 is 2.23 bits per heavy atom. The topological polar surface area (TPSA) is 56.3 Å². The predicted molar refractivity (Wildman–Crippen MR) is 50.6 cm³/mol. The monoisotopic (exact) mass is 241 g/mol. The molecular weight excluding hydrogens is 238 g/mol. The number of rotatable bonds is 1. The van der Waals surface area contributed by atoms with Crippen molar-refractivity contribution in [1.29, 1.82) is 0 Å². The van der Waals surface area contributed by atoms with Crippen molar-refractivity contribution in [2.75, 3.05) is 0 Å². The first kappa shape index (κ1) is 8.25. The molecule has 0 aliphatic carbocycles. The Morgan fingerprint density at radius 3 is 2.92 bits per heavy atom. The van der Waals surface area contributed by atoms with Gasteiger partial charge < -0.3 is 4.42 Å². The maximum Gasteiger partial charge on any atom is 0.273 e. The normalized spacial score (nSPS) is 10.5. The lowest BCUT2D eigenvalue weighted by Crippen LogP contribution is -1.85. The zero-order valence-electron chi connectivity index (χ0n) is 6.36. The molecule has 0 aliphatic rings. The van der Waals surface area contributed by atoms with Gasteiger partial charge in [0, 0.05) is 11.5 Å². The number of halogens is 1. The van der Waals surface area contributed by atoms with Gasteiger partial charge >= 0.3 is 0 Å². The molecule has 0 spiro atoms. The Morgan fingerprint density at radius 1 is 1.46 bits per heavy atom. The number of hydrogen-bond donors (Lipinski definition) is 0. The van der Waals surface area contributed by atoms with Gasteiger partial charge in [-0.15, -0.1) is 0 Å². The zero-order chi connectivity index (χ0) is 9.42. The fourth-order valence-electron chi connectivity index (χ4n) is 1.10. The van der Waals surface area contributed by atoms with E-state index < -0.39 is 4.92 Å². The van der Waals surface area contributed by atoms with Crippen molar-refractivity contribution in [2.45, 2.75) is 0 Å². The molecule has 1 aromatic heterocycles. The molecule has 66 valence electrons. The van der Waals surface area contributed by atoms with Gasteiger partial charge in [0.2, 0.25) is 0 Å². The van der Waals surface area contributed by atoms with Crippen LogP contribution < -0.4 is 0 Å². The Kier molecular flexibility index (Phi) is 1.81. The molecule has 0 atom stereocenters. The number of hydrogen-bond acceptors (Lipinski definition) is 3. The molecule has 4 nitrogen and oxygen atoms in total. The summed E-state index contributed by atoms with van der Waals surface area (Å²) < 4.78 is 5.89. The average Bonchev–Trinajstić information content (AvgIpc) is 2.47. The Bertz CT molecular complexity index is 477. The third kappa shape index (κ3) is 1.31. The SMILES string of the molecule is O=[N+]([O-])c1ccc2c(Br)coc2c1. The first-order chi connectivity index (χ1) is 6.18. The van der Waals surface area contributed by atoms with Crippen LogP contribution in [0.5, 0.6) is 0 Å². The van der Waals surface area contributed by atoms with Crippen LogP contribution in [-0.2, 0) is 0 Å². The maximum atomic E-state index is 10.4. The third-order valence-corrected chi connectivity index (χ3v) is 2.34. The molecule has 0 radical (unpaired) electrons. The third-order valence-electron chi connectivity index (χ3n) is 1.72. The van der Waals surface area contributed by atoms with Crippen molar-refractivity contribution in [1.82, 2.24) is 0 Å². The van der Waals surface area contributed by atoms with Crippen LogP contribution in [0.1, 0.15) is 0 Å². The van der Waals surface area contributed by atoms with Gasteiger partial charge in [0.15, 0.2) is 0 Å². The summed E-state index contributed by atoms with van der Waals surface area (Å²) in [6.07, 6.45) is 1.51. The second-order valence-electron chi connectivity index (χ2n) is 2.52. The number of nitro benzene ring substituents is 1. The number of nitrogens with zero attached hydrogens (tertiary/aromatic N) is 1. The summed E-state index contributed by atoms with van der Waals surface area (Å²) in [7, 11) is 0. The highest BCUT2D eigenvalue weighted by atomic mass is 79.9. The van der Waals surface area contributed by atoms with Crippen LogP contribution >= 0.6 is 15.9 Å². The van der Waals surface area contributed by atoms with Crippen LogP contribution in [-0.4, -0.2) is 4.92 Å². The molecule has 5 heteroatoms. The van der Waals surface area contributed by atoms with Crippen LogP contribution in [0.3, 0.4) is 0 Å². The fourth-order valence-corrected chi connectivity index (χ4v) is 1.52. The minimum Gasteiger partial charge on any atom is -0.463 e. The zero-order valence-corrected chi connectivity index (χ0v) is 7.95. The molecular formula is C8H4BrNO3. The van der Waals surface area contributed by atoms with Gasteiger partial charge in [-0.2, -0.15) is 0 Å². The maximum absolute atomic E-state index is 10.4. The predicted octanol–water partition coefficient (Wildman–Crippen LogP) is 3.10. The van der Waals surface area contributed by atoms with E-state index in [1.165, 1.54) is 18.4 Å². The highest BCUT2D eigenvalue weighted by Crippen LogP contribution is 2.28. The Hall–Kier alpha value is -1.36. The Balaban J connectivity index is 2.70. The van der Waals surface area contributed by atoms with Gasteiger partial charge in [-0.3, -0.25) is 10.1 Å². The lowest BCUT2D eigenvalue weighted by Gasteiger charge is -1.90. The van der Waals surface area contributed by atoms with Crippen molar-refractivity contribution >= 4 is 32.6 Å². The van der Waals surface area contributed by atoms with Crippen LogP contribution in [0.15, 0.2) is 33.4 Å². The van der Waals surface area contributed by atoms with Gasteiger partial charge in [0.1, 0.15) is 11.8 Å². The number of furan rings is 1. The molecule has 0 amide bonds. The summed E-state index contributed by atoms with van der Waals surface area (Å²) in [5.74, 6) is 0. The molecule has 1 heterocycles. The standard InChI is InChI=1S/C8H4BrNO3/c9-7-4-13-8-3-5(10(11)12)1-2-6(7)8/h1-4H. The lowest BCUT2D eigenvalue weighted by atomic mass is 10.2. The summed E-state index contributed by atoms with van der Waals surface area (Å²) in [5, 5.41) is 11.2. The molecule has 1 aromatic carbocycles. The second-order valence-corrected chi connectivity index (χ2v) is 3.38. The van der Waals surface area contributed by atoms with Gasteiger partial charge in [-0.05, 0) is 22.0 Å². The van der Waals surface area contributed by atoms with Gasteiger partial charge in [-0.25, -0.2) is 0 Å². The molecule has 0 saturated carbocycles. The molecule has 0 fully saturated rings. The Labute approximate surface area is 81.4 Å². The number of benzene rings is 1. The van der Waals surface area contributed by atoms with E-state index in [4.69, 9.17) is 4.42 Å². The molecule has 0 aliphatic heterocycles. The van der Waals surface area contributed by atoms with E-state index in [1.807, 2.05) is 0 Å². The van der Waals surface area contributed by atoms with Gasteiger partial charge in [0.25, 0.3) is 5.69 Å². The van der Waals surface area contributed by atoms with E-state index in [2.05, 4.69) is 15.9 Å².